The molecule has 7 heteroatoms. The Morgan fingerprint density at radius 1 is 1.24 bits per heavy atom. The molecule has 0 spiro atoms. The van der Waals surface area contributed by atoms with E-state index in [0.717, 1.165) is 23.3 Å². The minimum atomic E-state index is -0.842. The zero-order valence-corrected chi connectivity index (χ0v) is 16.3. The third-order valence-corrected chi connectivity index (χ3v) is 5.73. The summed E-state index contributed by atoms with van der Waals surface area (Å²) in [7, 11) is 0. The van der Waals surface area contributed by atoms with Crippen LogP contribution in [-0.2, 0) is 14.3 Å². The number of hydrogen-bond acceptors (Lipinski definition) is 5. The fraction of sp³-hybridized carbons (Fsp3) is 0.611. The van der Waals surface area contributed by atoms with Gasteiger partial charge in [0.25, 0.3) is 5.91 Å². The molecular formula is C18H26N2O4S. The van der Waals surface area contributed by atoms with E-state index in [1.165, 1.54) is 18.3 Å². The molecule has 1 fully saturated rings. The number of carbonyl (C=O) groups excluding carboxylic acids is 3. The molecule has 0 unspecified atom stereocenters. The predicted molar refractivity (Wildman–Crippen MR) is 98.0 cm³/mol. The lowest BCUT2D eigenvalue weighted by atomic mass is 9.99. The van der Waals surface area contributed by atoms with E-state index in [1.807, 2.05) is 13.8 Å². The van der Waals surface area contributed by atoms with Crippen LogP contribution in [0.4, 0.5) is 5.00 Å². The van der Waals surface area contributed by atoms with Crippen molar-refractivity contribution in [3.05, 3.63) is 16.0 Å². The first-order valence-electron chi connectivity index (χ1n) is 8.58. The van der Waals surface area contributed by atoms with Gasteiger partial charge in [0.2, 0.25) is 5.91 Å². The highest BCUT2D eigenvalue weighted by Crippen LogP contribution is 2.33. The molecule has 25 heavy (non-hydrogen) atoms. The topological polar surface area (TPSA) is 75.7 Å². The Labute approximate surface area is 152 Å². The van der Waals surface area contributed by atoms with Crippen molar-refractivity contribution in [1.29, 1.82) is 0 Å². The standard InChI is InChI=1S/C18H26N2O4S/c1-10-6-8-20(9-7-10)17(22)12(3)24-18(23)15-11(2)13(4)25-16(15)19-14(5)21/h10,12H,6-9H2,1-5H3,(H,19,21)/t12-/m1/s1. The van der Waals surface area contributed by atoms with Crippen molar-refractivity contribution in [2.75, 3.05) is 18.4 Å². The zero-order chi connectivity index (χ0) is 18.7. The fourth-order valence-corrected chi connectivity index (χ4v) is 3.97. The molecule has 1 saturated heterocycles. The van der Waals surface area contributed by atoms with E-state index < -0.39 is 12.1 Å². The minimum absolute atomic E-state index is 0.161. The molecule has 0 aromatic carbocycles. The monoisotopic (exact) mass is 366 g/mol. The zero-order valence-electron chi connectivity index (χ0n) is 15.5. The molecule has 2 rings (SSSR count). The van der Waals surface area contributed by atoms with Crippen LogP contribution < -0.4 is 5.32 Å². The van der Waals surface area contributed by atoms with Gasteiger partial charge in [-0.2, -0.15) is 0 Å². The second-order valence-corrected chi connectivity index (χ2v) is 7.95. The van der Waals surface area contributed by atoms with Gasteiger partial charge in [-0.15, -0.1) is 11.3 Å². The maximum Gasteiger partial charge on any atom is 0.342 e. The maximum atomic E-state index is 12.6. The number of nitrogens with one attached hydrogen (secondary N) is 1. The van der Waals surface area contributed by atoms with Crippen molar-refractivity contribution in [1.82, 2.24) is 4.90 Å². The molecule has 0 aliphatic carbocycles. The van der Waals surface area contributed by atoms with E-state index in [1.54, 1.807) is 11.8 Å². The highest BCUT2D eigenvalue weighted by molar-refractivity contribution is 7.16. The smallest absolute Gasteiger partial charge is 0.342 e. The Morgan fingerprint density at radius 2 is 1.84 bits per heavy atom. The van der Waals surface area contributed by atoms with Gasteiger partial charge in [0.15, 0.2) is 6.10 Å². The average Bonchev–Trinajstić information content (AvgIpc) is 2.80. The van der Waals surface area contributed by atoms with Gasteiger partial charge in [0.05, 0.1) is 5.56 Å². The summed E-state index contributed by atoms with van der Waals surface area (Å²) in [5, 5.41) is 3.14. The average molecular weight is 366 g/mol. The molecule has 1 aliphatic rings. The molecule has 1 N–H and O–H groups in total. The number of rotatable bonds is 4. The van der Waals surface area contributed by atoms with Crippen LogP contribution in [0.25, 0.3) is 0 Å². The number of anilines is 1. The molecule has 2 heterocycles. The Morgan fingerprint density at radius 3 is 2.40 bits per heavy atom. The SMILES string of the molecule is CC(=O)Nc1sc(C)c(C)c1C(=O)O[C@H](C)C(=O)N1CCC(C)CC1. The van der Waals surface area contributed by atoms with Gasteiger partial charge in [-0.25, -0.2) is 4.79 Å². The van der Waals surface area contributed by atoms with Crippen LogP contribution in [0.15, 0.2) is 0 Å². The van der Waals surface area contributed by atoms with E-state index in [9.17, 15) is 14.4 Å². The Hall–Kier alpha value is -1.89. The number of carbonyl (C=O) groups is 3. The molecule has 2 amide bonds. The van der Waals surface area contributed by atoms with Crippen LogP contribution in [0, 0.1) is 19.8 Å². The summed E-state index contributed by atoms with van der Waals surface area (Å²) in [4.78, 5) is 39.1. The summed E-state index contributed by atoms with van der Waals surface area (Å²) in [6, 6.07) is 0. The predicted octanol–water partition coefficient (Wildman–Crippen LogP) is 3.13. The minimum Gasteiger partial charge on any atom is -0.449 e. The van der Waals surface area contributed by atoms with Gasteiger partial charge >= 0.3 is 5.97 Å². The molecular weight excluding hydrogens is 340 g/mol. The number of likely N-dealkylation sites (tertiary alicyclic amines) is 1. The second-order valence-electron chi connectivity index (χ2n) is 6.72. The molecule has 1 aliphatic heterocycles. The van der Waals surface area contributed by atoms with Crippen molar-refractivity contribution in [3.63, 3.8) is 0 Å². The molecule has 1 aromatic heterocycles. The first-order chi connectivity index (χ1) is 11.7. The highest BCUT2D eigenvalue weighted by atomic mass is 32.1. The molecule has 0 radical (unpaired) electrons. The van der Waals surface area contributed by atoms with Crippen LogP contribution in [0.1, 0.15) is 54.4 Å². The molecule has 138 valence electrons. The second kappa shape index (κ2) is 7.99. The summed E-state index contributed by atoms with van der Waals surface area (Å²) < 4.78 is 5.42. The normalized spacial score (nSPS) is 16.4. The number of nitrogens with zero attached hydrogens (tertiary/aromatic N) is 1. The first-order valence-corrected chi connectivity index (χ1v) is 9.39. The fourth-order valence-electron chi connectivity index (χ4n) is 2.88. The number of thiophene rings is 1. The van der Waals surface area contributed by atoms with Crippen LogP contribution >= 0.6 is 11.3 Å². The van der Waals surface area contributed by atoms with E-state index in [2.05, 4.69) is 12.2 Å². The summed E-state index contributed by atoms with van der Waals surface area (Å²) in [6.07, 6.45) is 1.11. The lowest BCUT2D eigenvalue weighted by Gasteiger charge is -2.31. The third kappa shape index (κ3) is 4.60. The molecule has 1 atom stereocenters. The Kier molecular flexibility index (Phi) is 6.21. The summed E-state index contributed by atoms with van der Waals surface area (Å²) in [6.45, 7) is 10.3. The van der Waals surface area contributed by atoms with Gasteiger partial charge in [-0.05, 0) is 45.1 Å². The van der Waals surface area contributed by atoms with E-state index in [4.69, 9.17) is 4.74 Å². The lowest BCUT2D eigenvalue weighted by molar-refractivity contribution is -0.141. The molecule has 6 nitrogen and oxygen atoms in total. The van der Waals surface area contributed by atoms with Crippen LogP contribution in [-0.4, -0.2) is 41.9 Å². The summed E-state index contributed by atoms with van der Waals surface area (Å²) in [5.41, 5.74) is 1.11. The lowest BCUT2D eigenvalue weighted by Crippen LogP contribution is -2.44. The van der Waals surface area contributed by atoms with E-state index in [0.29, 0.717) is 29.6 Å². The first kappa shape index (κ1) is 19.4. The number of piperidine rings is 1. The van der Waals surface area contributed by atoms with Gasteiger partial charge in [0.1, 0.15) is 5.00 Å². The molecule has 1 aromatic rings. The largest absolute Gasteiger partial charge is 0.449 e. The van der Waals surface area contributed by atoms with Gasteiger partial charge in [-0.1, -0.05) is 6.92 Å². The Bertz CT molecular complexity index is 675. The number of amides is 2. The number of ether oxygens (including phenoxy) is 1. The van der Waals surface area contributed by atoms with Gasteiger partial charge in [0, 0.05) is 24.9 Å². The number of hydrogen-bond donors (Lipinski definition) is 1. The van der Waals surface area contributed by atoms with Crippen LogP contribution in [0.3, 0.4) is 0 Å². The molecule has 0 saturated carbocycles. The van der Waals surface area contributed by atoms with Gasteiger partial charge < -0.3 is 15.0 Å². The Balaban J connectivity index is 2.08. The number of esters is 1. The maximum absolute atomic E-state index is 12.6. The van der Waals surface area contributed by atoms with Gasteiger partial charge in [-0.3, -0.25) is 9.59 Å². The van der Waals surface area contributed by atoms with Crippen molar-refractivity contribution in [2.45, 2.75) is 53.6 Å². The third-order valence-electron chi connectivity index (χ3n) is 4.61. The van der Waals surface area contributed by atoms with Crippen molar-refractivity contribution < 1.29 is 19.1 Å². The van der Waals surface area contributed by atoms with Crippen molar-refractivity contribution in [2.24, 2.45) is 5.92 Å². The summed E-state index contributed by atoms with van der Waals surface area (Å²) >= 11 is 1.33. The number of aryl methyl sites for hydroxylation is 1. The van der Waals surface area contributed by atoms with Crippen LogP contribution in [0.5, 0.6) is 0 Å². The van der Waals surface area contributed by atoms with E-state index in [-0.39, 0.29) is 11.8 Å². The van der Waals surface area contributed by atoms with Crippen LogP contribution in [0.2, 0.25) is 0 Å². The summed E-state index contributed by atoms with van der Waals surface area (Å²) in [5.74, 6) is -0.358. The van der Waals surface area contributed by atoms with Crippen molar-refractivity contribution >= 4 is 34.1 Å². The van der Waals surface area contributed by atoms with Crippen molar-refractivity contribution in [3.8, 4) is 0 Å². The molecule has 0 bridgehead atoms. The highest BCUT2D eigenvalue weighted by Gasteiger charge is 2.29. The van der Waals surface area contributed by atoms with E-state index >= 15 is 0 Å². The quantitative estimate of drug-likeness (QED) is 0.831.